The van der Waals surface area contributed by atoms with E-state index in [2.05, 4.69) is 242 Å². The average Bonchev–Trinajstić information content (AvgIpc) is 4.11. The summed E-state index contributed by atoms with van der Waals surface area (Å²) in [5, 5.41) is 0. The second-order valence-electron chi connectivity index (χ2n) is 18.9. The van der Waals surface area contributed by atoms with Gasteiger partial charge in [0.2, 0.25) is 0 Å². The van der Waals surface area contributed by atoms with Gasteiger partial charge in [-0.3, -0.25) is 9.97 Å². The molecular weight excluding hydrogens is 1090 g/mol. The van der Waals surface area contributed by atoms with Gasteiger partial charge in [0, 0.05) is 45.1 Å². The molecule has 0 saturated heterocycles. The maximum atomic E-state index is 4.90. The number of benzene rings is 9. The van der Waals surface area contributed by atoms with E-state index in [1.165, 1.54) is 16.7 Å². The van der Waals surface area contributed by atoms with Crippen LogP contribution in [0.3, 0.4) is 0 Å². The van der Waals surface area contributed by atoms with Gasteiger partial charge in [0.05, 0.1) is 11.6 Å². The van der Waals surface area contributed by atoms with Crippen LogP contribution in [-0.4, -0.2) is 24.1 Å². The number of pyridine rings is 1. The van der Waals surface area contributed by atoms with Crippen LogP contribution >= 0.6 is 0 Å². The van der Waals surface area contributed by atoms with Crippen molar-refractivity contribution >= 4 is 0 Å². The SMILES string of the molecule is Cc1cnc(-c2[c-]cc(-c3ccccc3-c3cc(-c4ccccc4-c4c[c-]c(-c5nccn5C)cc4)cc(-c4ccccc4-c4c[c-]c(-c5nccn5C)cc4)c3)c(-c3ccc(-c4ccccc4)cc3)c2)cc1C.[Ir+3]. The summed E-state index contributed by atoms with van der Waals surface area (Å²) in [5.74, 6) is 1.76. The number of aromatic nitrogens is 5. The molecule has 3 aromatic heterocycles. The predicted molar refractivity (Wildman–Crippen MR) is 304 cm³/mol. The van der Waals surface area contributed by atoms with Crippen molar-refractivity contribution in [3.63, 3.8) is 0 Å². The summed E-state index contributed by atoms with van der Waals surface area (Å²) in [6, 6.07) is 82.9. The molecule has 0 unspecified atom stereocenters. The summed E-state index contributed by atoms with van der Waals surface area (Å²) in [5.41, 5.74) is 23.9. The molecule has 12 rings (SSSR count). The van der Waals surface area contributed by atoms with Crippen LogP contribution < -0.4 is 0 Å². The molecule has 12 aromatic rings. The molecule has 6 heteroatoms. The van der Waals surface area contributed by atoms with Crippen LogP contribution in [0.1, 0.15) is 11.1 Å². The number of imidazole rings is 2. The van der Waals surface area contributed by atoms with Gasteiger partial charge >= 0.3 is 20.1 Å². The topological polar surface area (TPSA) is 48.5 Å². The smallest absolute Gasteiger partial charge is 0.373 e. The van der Waals surface area contributed by atoms with Crippen LogP contribution in [0, 0.1) is 32.0 Å². The quantitative estimate of drug-likeness (QED) is 0.121. The first-order valence-electron chi connectivity index (χ1n) is 24.9. The maximum Gasteiger partial charge on any atom is 3.00 e. The fourth-order valence-corrected chi connectivity index (χ4v) is 10.1. The zero-order valence-electron chi connectivity index (χ0n) is 42.0. The van der Waals surface area contributed by atoms with Gasteiger partial charge in [-0.2, -0.15) is 0 Å². The normalized spacial score (nSPS) is 11.1. The Labute approximate surface area is 452 Å². The van der Waals surface area contributed by atoms with E-state index in [4.69, 9.17) is 4.98 Å². The Morgan fingerprint density at radius 2 is 0.760 bits per heavy atom. The largest absolute Gasteiger partial charge is 3.00 e. The van der Waals surface area contributed by atoms with E-state index < -0.39 is 0 Å². The zero-order valence-corrected chi connectivity index (χ0v) is 44.4. The molecule has 0 bridgehead atoms. The van der Waals surface area contributed by atoms with E-state index in [0.717, 1.165) is 117 Å². The molecule has 3 heterocycles. The summed E-state index contributed by atoms with van der Waals surface area (Å²) >= 11 is 0. The van der Waals surface area contributed by atoms with E-state index in [1.807, 2.05) is 54.2 Å². The van der Waals surface area contributed by atoms with Crippen LogP contribution in [0.15, 0.2) is 231 Å². The average molecular weight is 1140 g/mol. The zero-order chi connectivity index (χ0) is 50.1. The van der Waals surface area contributed by atoms with Gasteiger partial charge in [-0.25, -0.2) is 0 Å². The molecule has 360 valence electrons. The van der Waals surface area contributed by atoms with Gasteiger partial charge in [0.15, 0.2) is 0 Å². The third-order valence-corrected chi connectivity index (χ3v) is 14.2. The van der Waals surface area contributed by atoms with E-state index in [0.29, 0.717) is 0 Å². The molecule has 0 aliphatic rings. The maximum absolute atomic E-state index is 4.90. The van der Waals surface area contributed by atoms with Crippen molar-refractivity contribution in [2.45, 2.75) is 13.8 Å². The minimum atomic E-state index is 0. The van der Waals surface area contributed by atoms with Gasteiger partial charge in [-0.15, -0.1) is 83.4 Å². The number of aryl methyl sites for hydroxylation is 4. The molecular formula is C69H50IrN5. The molecule has 0 spiro atoms. The fourth-order valence-electron chi connectivity index (χ4n) is 10.1. The third-order valence-electron chi connectivity index (χ3n) is 14.2. The van der Waals surface area contributed by atoms with Crippen molar-refractivity contribution in [2.75, 3.05) is 0 Å². The van der Waals surface area contributed by atoms with Crippen LogP contribution in [0.4, 0.5) is 0 Å². The Morgan fingerprint density at radius 1 is 0.333 bits per heavy atom. The first-order chi connectivity index (χ1) is 36.3. The molecule has 0 amide bonds. The third kappa shape index (κ3) is 9.66. The molecule has 0 aliphatic heterocycles. The summed E-state index contributed by atoms with van der Waals surface area (Å²) < 4.78 is 4.04. The van der Waals surface area contributed by atoms with Gasteiger partial charge in [-0.1, -0.05) is 178 Å². The van der Waals surface area contributed by atoms with Crippen LogP contribution in [0.25, 0.3) is 123 Å². The number of hydrogen-bond donors (Lipinski definition) is 0. The Hall–Kier alpha value is -8.80. The molecule has 75 heavy (non-hydrogen) atoms. The van der Waals surface area contributed by atoms with Crippen LogP contribution in [0.2, 0.25) is 0 Å². The molecule has 0 aliphatic carbocycles. The summed E-state index contributed by atoms with van der Waals surface area (Å²) in [6.45, 7) is 4.25. The van der Waals surface area contributed by atoms with E-state index in [9.17, 15) is 0 Å². The van der Waals surface area contributed by atoms with Gasteiger partial charge < -0.3 is 14.1 Å². The summed E-state index contributed by atoms with van der Waals surface area (Å²) in [6.07, 6.45) is 9.53. The second kappa shape index (κ2) is 21.0. The minimum Gasteiger partial charge on any atom is -0.373 e. The van der Waals surface area contributed by atoms with Crippen LogP contribution in [-0.2, 0) is 34.2 Å². The van der Waals surface area contributed by atoms with E-state index in [1.54, 1.807) is 0 Å². The van der Waals surface area contributed by atoms with Crippen molar-refractivity contribution in [1.29, 1.82) is 0 Å². The van der Waals surface area contributed by atoms with Crippen molar-refractivity contribution < 1.29 is 20.1 Å². The summed E-state index contributed by atoms with van der Waals surface area (Å²) in [7, 11) is 4.02. The Bertz CT molecular complexity index is 3830. The van der Waals surface area contributed by atoms with Crippen molar-refractivity contribution in [3.8, 4) is 123 Å². The molecule has 0 radical (unpaired) electrons. The van der Waals surface area contributed by atoms with Crippen molar-refractivity contribution in [2.24, 2.45) is 14.1 Å². The Morgan fingerprint density at radius 3 is 1.23 bits per heavy atom. The Balaban J connectivity index is 0.00000602. The van der Waals surface area contributed by atoms with Crippen molar-refractivity contribution in [3.05, 3.63) is 261 Å². The van der Waals surface area contributed by atoms with Crippen molar-refractivity contribution in [1.82, 2.24) is 24.1 Å². The monoisotopic (exact) mass is 1140 g/mol. The molecule has 0 saturated carbocycles. The number of nitrogens with zero attached hydrogens (tertiary/aromatic N) is 5. The number of hydrogen-bond acceptors (Lipinski definition) is 3. The molecule has 0 N–H and O–H groups in total. The van der Waals surface area contributed by atoms with E-state index >= 15 is 0 Å². The van der Waals surface area contributed by atoms with Gasteiger partial charge in [0.1, 0.15) is 0 Å². The fraction of sp³-hybridized carbons (Fsp3) is 0.0580. The van der Waals surface area contributed by atoms with Gasteiger partial charge in [0.25, 0.3) is 0 Å². The molecule has 0 fully saturated rings. The van der Waals surface area contributed by atoms with Crippen LogP contribution in [0.5, 0.6) is 0 Å². The standard InChI is InChI=1S/C69H50N5.Ir/c1-46-40-67(72-45-47(46)2)55-34-35-65(66(44-55)52-24-22-49(23-25-52)48-14-6-5-7-15-48)64-21-13-12-20-63(64)58-42-56(61-18-10-8-16-59(61)50-26-30-53(31-27-50)68-70-36-38-73(68)3)41-57(43-58)62-19-11-9-17-60(62)51-28-32-54(33-29-51)69-71-37-39-74(69)4;/h5-30,32,35-45H,1-4H3;/q-3;+3. The first-order valence-corrected chi connectivity index (χ1v) is 24.9. The summed E-state index contributed by atoms with van der Waals surface area (Å²) in [4.78, 5) is 14.1. The first kappa shape index (κ1) is 48.5. The number of rotatable bonds is 11. The molecule has 0 atom stereocenters. The second-order valence-corrected chi connectivity index (χ2v) is 18.9. The van der Waals surface area contributed by atoms with E-state index in [-0.39, 0.29) is 20.1 Å². The van der Waals surface area contributed by atoms with Gasteiger partial charge in [-0.05, 0) is 93.4 Å². The minimum absolute atomic E-state index is 0. The Kier molecular flexibility index (Phi) is 13.6. The molecule has 5 nitrogen and oxygen atoms in total. The molecule has 9 aromatic carbocycles. The predicted octanol–water partition coefficient (Wildman–Crippen LogP) is 16.9.